The lowest BCUT2D eigenvalue weighted by Crippen LogP contribution is -2.50. The number of thiazole rings is 1. The van der Waals surface area contributed by atoms with Crippen LogP contribution in [-0.2, 0) is 16.0 Å². The Kier molecular flexibility index (Phi) is 5.72. The SMILES string of the molecule is O=C(CN1CCN(C(=O)Cc2ccc(F)cc2)CC1)Nc1nccs1. The summed E-state index contributed by atoms with van der Waals surface area (Å²) in [5.41, 5.74) is 0.802. The van der Waals surface area contributed by atoms with Crippen molar-refractivity contribution in [1.82, 2.24) is 14.8 Å². The van der Waals surface area contributed by atoms with Crippen LogP contribution in [0.4, 0.5) is 9.52 Å². The Bertz CT molecular complexity index is 713. The number of hydrogen-bond donors (Lipinski definition) is 1. The van der Waals surface area contributed by atoms with Crippen LogP contribution in [0.3, 0.4) is 0 Å². The van der Waals surface area contributed by atoms with Crippen molar-refractivity contribution in [1.29, 1.82) is 0 Å². The van der Waals surface area contributed by atoms with Gasteiger partial charge in [0.2, 0.25) is 11.8 Å². The van der Waals surface area contributed by atoms with Gasteiger partial charge in [-0.2, -0.15) is 0 Å². The summed E-state index contributed by atoms with van der Waals surface area (Å²) in [5.74, 6) is -0.375. The van der Waals surface area contributed by atoms with Crippen LogP contribution in [0.15, 0.2) is 35.8 Å². The number of benzene rings is 1. The number of amides is 2. The van der Waals surface area contributed by atoms with Gasteiger partial charge in [-0.25, -0.2) is 9.37 Å². The fourth-order valence-electron chi connectivity index (χ4n) is 2.69. The zero-order chi connectivity index (χ0) is 17.6. The lowest BCUT2D eigenvalue weighted by atomic mass is 10.1. The first-order valence-electron chi connectivity index (χ1n) is 8.04. The van der Waals surface area contributed by atoms with E-state index in [9.17, 15) is 14.0 Å². The molecule has 0 atom stereocenters. The van der Waals surface area contributed by atoms with Crippen LogP contribution in [0.5, 0.6) is 0 Å². The zero-order valence-corrected chi connectivity index (χ0v) is 14.5. The number of carbonyl (C=O) groups excluding carboxylic acids is 2. The molecule has 2 aromatic rings. The van der Waals surface area contributed by atoms with E-state index < -0.39 is 0 Å². The fraction of sp³-hybridized carbons (Fsp3) is 0.353. The van der Waals surface area contributed by atoms with Gasteiger partial charge in [-0.15, -0.1) is 11.3 Å². The third-order valence-corrected chi connectivity index (χ3v) is 4.73. The molecule has 0 aliphatic carbocycles. The summed E-state index contributed by atoms with van der Waals surface area (Å²) in [6.07, 6.45) is 1.91. The largest absolute Gasteiger partial charge is 0.340 e. The zero-order valence-electron chi connectivity index (χ0n) is 13.7. The van der Waals surface area contributed by atoms with Gasteiger partial charge in [0, 0.05) is 37.8 Å². The maximum atomic E-state index is 12.9. The molecule has 0 bridgehead atoms. The van der Waals surface area contributed by atoms with Crippen LogP contribution in [0.1, 0.15) is 5.56 Å². The van der Waals surface area contributed by atoms with Crippen LogP contribution >= 0.6 is 11.3 Å². The predicted octanol–water partition coefficient (Wildman–Crippen LogP) is 1.61. The van der Waals surface area contributed by atoms with E-state index in [0.717, 1.165) is 5.56 Å². The average Bonchev–Trinajstić information content (AvgIpc) is 3.10. The molecule has 1 aliphatic heterocycles. The number of rotatable bonds is 5. The van der Waals surface area contributed by atoms with Gasteiger partial charge in [-0.05, 0) is 17.7 Å². The molecule has 0 unspecified atom stereocenters. The van der Waals surface area contributed by atoms with Gasteiger partial charge in [0.1, 0.15) is 5.82 Å². The number of aromatic nitrogens is 1. The van der Waals surface area contributed by atoms with Crippen molar-refractivity contribution < 1.29 is 14.0 Å². The molecule has 8 heteroatoms. The Morgan fingerprint density at radius 2 is 1.88 bits per heavy atom. The lowest BCUT2D eigenvalue weighted by molar-refractivity contribution is -0.132. The molecule has 1 aromatic carbocycles. The summed E-state index contributed by atoms with van der Waals surface area (Å²) >= 11 is 1.38. The highest BCUT2D eigenvalue weighted by Gasteiger charge is 2.22. The quantitative estimate of drug-likeness (QED) is 0.878. The van der Waals surface area contributed by atoms with Crippen molar-refractivity contribution in [2.45, 2.75) is 6.42 Å². The minimum Gasteiger partial charge on any atom is -0.340 e. The third-order valence-electron chi connectivity index (χ3n) is 4.04. The van der Waals surface area contributed by atoms with Crippen molar-refractivity contribution in [3.63, 3.8) is 0 Å². The molecule has 25 heavy (non-hydrogen) atoms. The minimum absolute atomic E-state index is 0.0264. The molecule has 3 rings (SSSR count). The molecule has 2 heterocycles. The molecule has 0 radical (unpaired) electrons. The Hall–Kier alpha value is -2.32. The number of anilines is 1. The number of nitrogens with one attached hydrogen (secondary N) is 1. The smallest absolute Gasteiger partial charge is 0.240 e. The molecule has 2 amide bonds. The molecular formula is C17H19FN4O2S. The first-order valence-corrected chi connectivity index (χ1v) is 8.92. The molecular weight excluding hydrogens is 343 g/mol. The Labute approximate surface area is 149 Å². The minimum atomic E-state index is -0.305. The monoisotopic (exact) mass is 362 g/mol. The maximum absolute atomic E-state index is 12.9. The molecule has 1 aromatic heterocycles. The first-order chi connectivity index (χ1) is 12.1. The summed E-state index contributed by atoms with van der Waals surface area (Å²) in [7, 11) is 0. The van der Waals surface area contributed by atoms with Crippen LogP contribution < -0.4 is 5.32 Å². The molecule has 1 fully saturated rings. The van der Waals surface area contributed by atoms with Crippen molar-refractivity contribution in [2.75, 3.05) is 38.0 Å². The van der Waals surface area contributed by atoms with E-state index in [-0.39, 0.29) is 24.1 Å². The Morgan fingerprint density at radius 3 is 2.52 bits per heavy atom. The van der Waals surface area contributed by atoms with E-state index in [2.05, 4.69) is 10.3 Å². The molecule has 6 nitrogen and oxygen atoms in total. The van der Waals surface area contributed by atoms with Crippen LogP contribution in [0.25, 0.3) is 0 Å². The number of carbonyl (C=O) groups is 2. The standard InChI is InChI=1S/C17H19FN4O2S/c18-14-3-1-13(2-4-14)11-16(24)22-8-6-21(7-9-22)12-15(23)20-17-19-5-10-25-17/h1-5,10H,6-9,11-12H2,(H,19,20,23). The second kappa shape index (κ2) is 8.17. The lowest BCUT2D eigenvalue weighted by Gasteiger charge is -2.34. The topological polar surface area (TPSA) is 65.5 Å². The number of nitrogens with zero attached hydrogens (tertiary/aromatic N) is 3. The first kappa shape index (κ1) is 17.5. The van der Waals surface area contributed by atoms with Crippen molar-refractivity contribution >= 4 is 28.3 Å². The van der Waals surface area contributed by atoms with Gasteiger partial charge < -0.3 is 10.2 Å². The number of hydrogen-bond acceptors (Lipinski definition) is 5. The molecule has 1 N–H and O–H groups in total. The molecule has 132 valence electrons. The van der Waals surface area contributed by atoms with Gasteiger partial charge in [0.05, 0.1) is 13.0 Å². The average molecular weight is 362 g/mol. The molecule has 0 saturated carbocycles. The van der Waals surface area contributed by atoms with Gasteiger partial charge >= 0.3 is 0 Å². The fourth-order valence-corrected chi connectivity index (χ4v) is 3.24. The Morgan fingerprint density at radius 1 is 1.16 bits per heavy atom. The highest BCUT2D eigenvalue weighted by Crippen LogP contribution is 2.11. The maximum Gasteiger partial charge on any atom is 0.240 e. The van der Waals surface area contributed by atoms with E-state index in [1.54, 1.807) is 28.6 Å². The second-order valence-electron chi connectivity index (χ2n) is 5.85. The highest BCUT2D eigenvalue weighted by molar-refractivity contribution is 7.13. The van der Waals surface area contributed by atoms with E-state index >= 15 is 0 Å². The van der Waals surface area contributed by atoms with E-state index in [1.165, 1.54) is 23.5 Å². The van der Waals surface area contributed by atoms with Crippen molar-refractivity contribution in [3.8, 4) is 0 Å². The van der Waals surface area contributed by atoms with Crippen LogP contribution in [-0.4, -0.2) is 59.3 Å². The number of piperazine rings is 1. The second-order valence-corrected chi connectivity index (χ2v) is 6.74. The molecule has 0 spiro atoms. The number of halogens is 1. The van der Waals surface area contributed by atoms with E-state index in [4.69, 9.17) is 0 Å². The highest BCUT2D eigenvalue weighted by atomic mass is 32.1. The van der Waals surface area contributed by atoms with Crippen molar-refractivity contribution in [3.05, 3.63) is 47.2 Å². The summed E-state index contributed by atoms with van der Waals surface area (Å²) < 4.78 is 12.9. The predicted molar refractivity (Wildman–Crippen MR) is 93.9 cm³/mol. The summed E-state index contributed by atoms with van der Waals surface area (Å²) in [5, 5.41) is 5.16. The molecule has 1 aliphatic rings. The van der Waals surface area contributed by atoms with Crippen molar-refractivity contribution in [2.24, 2.45) is 0 Å². The van der Waals surface area contributed by atoms with Crippen LogP contribution in [0, 0.1) is 5.82 Å². The van der Waals surface area contributed by atoms with E-state index in [1.807, 2.05) is 4.90 Å². The summed E-state index contributed by atoms with van der Waals surface area (Å²) in [4.78, 5) is 32.1. The summed E-state index contributed by atoms with van der Waals surface area (Å²) in [6.45, 7) is 2.77. The van der Waals surface area contributed by atoms with Crippen LogP contribution in [0.2, 0.25) is 0 Å². The normalized spacial score (nSPS) is 15.2. The Balaban J connectivity index is 1.42. The van der Waals surface area contributed by atoms with Gasteiger partial charge in [0.25, 0.3) is 0 Å². The third kappa shape index (κ3) is 5.07. The van der Waals surface area contributed by atoms with Gasteiger partial charge in [-0.1, -0.05) is 12.1 Å². The van der Waals surface area contributed by atoms with Gasteiger partial charge in [-0.3, -0.25) is 14.5 Å². The molecule has 1 saturated heterocycles. The summed E-state index contributed by atoms with van der Waals surface area (Å²) in [6, 6.07) is 5.99. The van der Waals surface area contributed by atoms with E-state index in [0.29, 0.717) is 37.9 Å². The van der Waals surface area contributed by atoms with Gasteiger partial charge in [0.15, 0.2) is 5.13 Å².